The molecule has 0 saturated carbocycles. The number of rotatable bonds is 8. The first-order chi connectivity index (χ1) is 17.5. The van der Waals surface area contributed by atoms with Crippen molar-refractivity contribution in [2.75, 3.05) is 63.1 Å². The zero-order valence-corrected chi connectivity index (χ0v) is 21.0. The van der Waals surface area contributed by atoms with Crippen molar-refractivity contribution in [3.63, 3.8) is 0 Å². The van der Waals surface area contributed by atoms with Gasteiger partial charge in [0.15, 0.2) is 0 Å². The third-order valence-corrected chi connectivity index (χ3v) is 6.84. The molecule has 1 atom stereocenters. The van der Waals surface area contributed by atoms with Crippen LogP contribution in [0.2, 0.25) is 0 Å². The van der Waals surface area contributed by atoms with Crippen LogP contribution >= 0.6 is 0 Å². The van der Waals surface area contributed by atoms with E-state index >= 15 is 0 Å². The molecule has 2 aromatic carbocycles. The van der Waals surface area contributed by atoms with Gasteiger partial charge in [-0.3, -0.25) is 19.3 Å². The van der Waals surface area contributed by atoms with Crippen LogP contribution in [-0.2, 0) is 20.8 Å². The van der Waals surface area contributed by atoms with Gasteiger partial charge in [0, 0.05) is 50.6 Å². The van der Waals surface area contributed by atoms with E-state index in [2.05, 4.69) is 27.4 Å². The average Bonchev–Trinajstić information content (AvgIpc) is 2.90. The van der Waals surface area contributed by atoms with E-state index in [1.54, 1.807) is 12.0 Å². The van der Waals surface area contributed by atoms with Crippen molar-refractivity contribution in [2.45, 2.75) is 25.8 Å². The lowest BCUT2D eigenvalue weighted by Crippen LogP contribution is -2.60. The molecule has 3 amide bonds. The van der Waals surface area contributed by atoms with Crippen molar-refractivity contribution in [1.29, 1.82) is 0 Å². The number of aryl methyl sites for hydroxylation is 1. The van der Waals surface area contributed by atoms with Crippen LogP contribution in [-0.4, -0.2) is 86.5 Å². The van der Waals surface area contributed by atoms with Gasteiger partial charge in [0.2, 0.25) is 17.7 Å². The number of methoxy groups -OCH3 is 1. The molecule has 2 saturated heterocycles. The van der Waals surface area contributed by atoms with E-state index in [1.165, 1.54) is 5.56 Å². The molecule has 0 spiro atoms. The highest BCUT2D eigenvalue weighted by molar-refractivity contribution is 5.97. The minimum absolute atomic E-state index is 0.0711. The number of anilines is 2. The smallest absolute Gasteiger partial charge is 0.243 e. The highest BCUT2D eigenvalue weighted by atomic mass is 16.5. The van der Waals surface area contributed by atoms with Gasteiger partial charge in [0.05, 0.1) is 20.1 Å². The minimum atomic E-state index is -0.804. The van der Waals surface area contributed by atoms with Gasteiger partial charge in [-0.2, -0.15) is 0 Å². The Bertz CT molecular complexity index is 1050. The SMILES string of the molecule is CCc1ccc(NC(=O)C[C@H]2C(=O)NCCN2C(=O)CN2CCN(c3ccc(OC)cc3)CC2)cc1. The summed E-state index contributed by atoms with van der Waals surface area (Å²) in [7, 11) is 1.65. The normalized spacial score (nSPS) is 18.5. The molecule has 0 aliphatic carbocycles. The van der Waals surface area contributed by atoms with Crippen LogP contribution in [0.3, 0.4) is 0 Å². The number of nitrogens with zero attached hydrogens (tertiary/aromatic N) is 3. The maximum atomic E-state index is 13.2. The molecule has 0 radical (unpaired) electrons. The van der Waals surface area contributed by atoms with Crippen LogP contribution in [0.4, 0.5) is 11.4 Å². The van der Waals surface area contributed by atoms with E-state index in [0.29, 0.717) is 18.8 Å². The molecule has 2 fully saturated rings. The van der Waals surface area contributed by atoms with Crippen LogP contribution in [0.5, 0.6) is 5.75 Å². The van der Waals surface area contributed by atoms with Crippen LogP contribution in [0.25, 0.3) is 0 Å². The predicted octanol–water partition coefficient (Wildman–Crippen LogP) is 1.74. The predicted molar refractivity (Wildman–Crippen MR) is 139 cm³/mol. The number of carbonyl (C=O) groups is 3. The lowest BCUT2D eigenvalue weighted by atomic mass is 10.1. The van der Waals surface area contributed by atoms with E-state index in [4.69, 9.17) is 4.74 Å². The Kier molecular flexibility index (Phi) is 8.43. The van der Waals surface area contributed by atoms with Gasteiger partial charge >= 0.3 is 0 Å². The van der Waals surface area contributed by atoms with Crippen LogP contribution in [0.1, 0.15) is 18.9 Å². The average molecular weight is 494 g/mol. The van der Waals surface area contributed by atoms with E-state index in [1.807, 2.05) is 48.5 Å². The first-order valence-electron chi connectivity index (χ1n) is 12.5. The summed E-state index contributed by atoms with van der Waals surface area (Å²) in [5.41, 5.74) is 2.99. The molecule has 2 aromatic rings. The van der Waals surface area contributed by atoms with Gasteiger partial charge in [0.1, 0.15) is 11.8 Å². The van der Waals surface area contributed by atoms with Crippen LogP contribution in [0.15, 0.2) is 48.5 Å². The molecular formula is C27H35N5O4. The lowest BCUT2D eigenvalue weighted by molar-refractivity contribution is -0.145. The number of amides is 3. The Balaban J connectivity index is 1.30. The molecule has 2 N–H and O–H groups in total. The van der Waals surface area contributed by atoms with Crippen molar-refractivity contribution in [1.82, 2.24) is 15.1 Å². The van der Waals surface area contributed by atoms with E-state index < -0.39 is 6.04 Å². The minimum Gasteiger partial charge on any atom is -0.497 e. The zero-order chi connectivity index (χ0) is 25.5. The Morgan fingerprint density at radius 3 is 2.33 bits per heavy atom. The molecule has 9 nitrogen and oxygen atoms in total. The van der Waals surface area contributed by atoms with Crippen LogP contribution in [0, 0.1) is 0 Å². The summed E-state index contributed by atoms with van der Waals surface area (Å²) in [6, 6.07) is 14.8. The largest absolute Gasteiger partial charge is 0.497 e. The summed E-state index contributed by atoms with van der Waals surface area (Å²) in [5, 5.41) is 5.64. The molecule has 4 rings (SSSR count). The molecule has 9 heteroatoms. The first kappa shape index (κ1) is 25.5. The lowest BCUT2D eigenvalue weighted by Gasteiger charge is -2.39. The quantitative estimate of drug-likeness (QED) is 0.582. The summed E-state index contributed by atoms with van der Waals surface area (Å²) >= 11 is 0. The topological polar surface area (TPSA) is 94.2 Å². The van der Waals surface area contributed by atoms with Crippen molar-refractivity contribution >= 4 is 29.1 Å². The summed E-state index contributed by atoms with van der Waals surface area (Å²) in [6.45, 7) is 6.22. The van der Waals surface area contributed by atoms with E-state index in [9.17, 15) is 14.4 Å². The molecule has 0 unspecified atom stereocenters. The Morgan fingerprint density at radius 2 is 1.69 bits per heavy atom. The van der Waals surface area contributed by atoms with Gasteiger partial charge in [-0.05, 0) is 48.4 Å². The molecule has 192 valence electrons. The van der Waals surface area contributed by atoms with E-state index in [-0.39, 0.29) is 30.7 Å². The standard InChI is InChI=1S/C27H35N5O4/c1-3-20-4-6-21(7-5-20)29-25(33)18-24-27(35)28-12-13-32(24)26(34)19-30-14-16-31(17-15-30)22-8-10-23(36-2)11-9-22/h4-11,24H,3,12-19H2,1-2H3,(H,28,35)(H,29,33)/t24-/m0/s1. The molecule has 2 heterocycles. The van der Waals surface area contributed by atoms with Crippen molar-refractivity contribution in [3.05, 3.63) is 54.1 Å². The highest BCUT2D eigenvalue weighted by Gasteiger charge is 2.35. The molecule has 2 aliphatic heterocycles. The first-order valence-corrected chi connectivity index (χ1v) is 12.5. The van der Waals surface area contributed by atoms with Crippen molar-refractivity contribution < 1.29 is 19.1 Å². The molecule has 0 bridgehead atoms. The summed E-state index contributed by atoms with van der Waals surface area (Å²) in [6.07, 6.45) is 0.850. The second-order valence-corrected chi connectivity index (χ2v) is 9.16. The monoisotopic (exact) mass is 493 g/mol. The van der Waals surface area contributed by atoms with Gasteiger partial charge in [-0.1, -0.05) is 19.1 Å². The maximum Gasteiger partial charge on any atom is 0.243 e. The number of carbonyl (C=O) groups excluding carboxylic acids is 3. The third-order valence-electron chi connectivity index (χ3n) is 6.84. The van der Waals surface area contributed by atoms with Gasteiger partial charge in [0.25, 0.3) is 0 Å². The Labute approximate surface area is 212 Å². The number of hydrogen-bond donors (Lipinski definition) is 2. The number of benzene rings is 2. The fourth-order valence-electron chi connectivity index (χ4n) is 4.67. The number of ether oxygens (including phenoxy) is 1. The van der Waals surface area contributed by atoms with Gasteiger partial charge in [-0.25, -0.2) is 0 Å². The Morgan fingerprint density at radius 1 is 1.00 bits per heavy atom. The van der Waals surface area contributed by atoms with Crippen LogP contribution < -0.4 is 20.3 Å². The summed E-state index contributed by atoms with van der Waals surface area (Å²) in [4.78, 5) is 44.5. The van der Waals surface area contributed by atoms with E-state index in [0.717, 1.165) is 44.0 Å². The Hall–Kier alpha value is -3.59. The second-order valence-electron chi connectivity index (χ2n) is 9.16. The molecule has 36 heavy (non-hydrogen) atoms. The van der Waals surface area contributed by atoms with Crippen molar-refractivity contribution in [2.24, 2.45) is 0 Å². The number of piperazine rings is 2. The van der Waals surface area contributed by atoms with Gasteiger partial charge < -0.3 is 25.2 Å². The van der Waals surface area contributed by atoms with Crippen molar-refractivity contribution in [3.8, 4) is 5.75 Å². The number of hydrogen-bond acceptors (Lipinski definition) is 6. The van der Waals surface area contributed by atoms with Gasteiger partial charge in [-0.15, -0.1) is 0 Å². The third kappa shape index (κ3) is 6.34. The zero-order valence-electron chi connectivity index (χ0n) is 21.0. The fourth-order valence-corrected chi connectivity index (χ4v) is 4.67. The fraction of sp³-hybridized carbons (Fsp3) is 0.444. The summed E-state index contributed by atoms with van der Waals surface area (Å²) < 4.78 is 5.23. The maximum absolute atomic E-state index is 13.2. The highest BCUT2D eigenvalue weighted by Crippen LogP contribution is 2.21. The molecular weight excluding hydrogens is 458 g/mol. The number of nitrogens with one attached hydrogen (secondary N) is 2. The summed E-state index contributed by atoms with van der Waals surface area (Å²) in [5.74, 6) is 0.140. The molecule has 2 aliphatic rings. The molecule has 0 aromatic heterocycles. The second kappa shape index (κ2) is 11.9.